The Morgan fingerprint density at radius 3 is 2.14 bits per heavy atom. The minimum atomic E-state index is -2.34. The van der Waals surface area contributed by atoms with Crippen LogP contribution in [0.15, 0.2) is 0 Å². The molecule has 1 N–H and O–H groups in total. The maximum Gasteiger partial charge on any atom is 0.262 e. The second-order valence-electron chi connectivity index (χ2n) is 8.02. The quantitative estimate of drug-likeness (QED) is 0.378. The molecule has 0 unspecified atom stereocenters. The number of carbonyl (C=O) groups is 1. The molecule has 1 aliphatic carbocycles. The van der Waals surface area contributed by atoms with Gasteiger partial charge in [-0.05, 0) is 36.2 Å². The topological polar surface area (TPSA) is 52.9 Å². The van der Waals surface area contributed by atoms with Crippen LogP contribution in [0.2, 0.25) is 0 Å². The summed E-state index contributed by atoms with van der Waals surface area (Å²) < 4.78 is 67.8. The first-order valence-corrected chi connectivity index (χ1v) is 9.66. The summed E-state index contributed by atoms with van der Waals surface area (Å²) in [7, 11) is 0. The van der Waals surface area contributed by atoms with Crippen molar-refractivity contribution in [3.05, 3.63) is 50.7 Å². The maximum absolute atomic E-state index is 13.9. The van der Waals surface area contributed by atoms with Crippen molar-refractivity contribution in [3.8, 4) is 6.07 Å². The van der Waals surface area contributed by atoms with Crippen molar-refractivity contribution in [2.24, 2.45) is 11.3 Å². The fraction of sp³-hybridized carbons (Fsp3) is 0.400. The van der Waals surface area contributed by atoms with Crippen LogP contribution in [-0.2, 0) is 12.8 Å². The number of anilines is 1. The van der Waals surface area contributed by atoms with Crippen molar-refractivity contribution in [2.75, 3.05) is 5.32 Å². The number of hydrogen-bond acceptors (Lipinski definition) is 3. The third kappa shape index (κ3) is 3.62. The highest BCUT2D eigenvalue weighted by Gasteiger charge is 2.34. The van der Waals surface area contributed by atoms with E-state index in [1.54, 1.807) is 0 Å². The van der Waals surface area contributed by atoms with Gasteiger partial charge < -0.3 is 5.32 Å². The summed E-state index contributed by atoms with van der Waals surface area (Å²) in [5, 5.41) is 11.7. The molecule has 29 heavy (non-hydrogen) atoms. The first-order valence-electron chi connectivity index (χ1n) is 8.84. The first-order chi connectivity index (χ1) is 13.5. The van der Waals surface area contributed by atoms with Crippen LogP contribution < -0.4 is 5.32 Å². The average Bonchev–Trinajstić information content (AvgIpc) is 3.00. The fourth-order valence-corrected chi connectivity index (χ4v) is 4.77. The van der Waals surface area contributed by atoms with Crippen LogP contribution in [0.5, 0.6) is 0 Å². The molecule has 0 bridgehead atoms. The van der Waals surface area contributed by atoms with Crippen LogP contribution in [0, 0.1) is 51.8 Å². The number of nitrogens with one attached hydrogen (secondary N) is 1. The van der Waals surface area contributed by atoms with Gasteiger partial charge in [-0.25, -0.2) is 22.0 Å². The number of fused-ring (bicyclic) bond motifs is 1. The summed E-state index contributed by atoms with van der Waals surface area (Å²) in [5.41, 5.74) is -0.627. The zero-order chi connectivity index (χ0) is 21.7. The molecular formula is C20H17F5N2OS. The molecule has 1 heterocycles. The lowest BCUT2D eigenvalue weighted by molar-refractivity contribution is 0.101. The first kappa shape index (κ1) is 21.2. The van der Waals surface area contributed by atoms with Crippen LogP contribution in [0.3, 0.4) is 0 Å². The number of carbonyl (C=O) groups excluding carboxylic acids is 1. The van der Waals surface area contributed by atoms with Crippen molar-refractivity contribution >= 4 is 22.2 Å². The number of rotatable bonds is 2. The molecule has 0 saturated heterocycles. The number of amides is 1. The van der Waals surface area contributed by atoms with E-state index in [-0.39, 0.29) is 16.0 Å². The Kier molecular flexibility index (Phi) is 5.43. The van der Waals surface area contributed by atoms with E-state index in [2.05, 4.69) is 26.1 Å². The molecule has 3 nitrogen and oxygen atoms in total. The van der Waals surface area contributed by atoms with Crippen LogP contribution >= 0.6 is 11.3 Å². The van der Waals surface area contributed by atoms with Gasteiger partial charge >= 0.3 is 0 Å². The molecule has 0 saturated carbocycles. The zero-order valence-corrected chi connectivity index (χ0v) is 16.7. The summed E-state index contributed by atoms with van der Waals surface area (Å²) in [6.07, 6.45) is 2.12. The smallest absolute Gasteiger partial charge is 0.262 e. The molecule has 3 rings (SSSR count). The van der Waals surface area contributed by atoms with Gasteiger partial charge in [0, 0.05) is 4.88 Å². The highest BCUT2D eigenvalue weighted by atomic mass is 32.1. The fourth-order valence-electron chi connectivity index (χ4n) is 3.50. The van der Waals surface area contributed by atoms with Crippen LogP contribution in [0.25, 0.3) is 0 Å². The average molecular weight is 428 g/mol. The number of nitriles is 1. The minimum absolute atomic E-state index is 0.0350. The van der Waals surface area contributed by atoms with Crippen molar-refractivity contribution in [3.63, 3.8) is 0 Å². The van der Waals surface area contributed by atoms with Gasteiger partial charge in [0.05, 0.1) is 5.56 Å². The third-order valence-corrected chi connectivity index (χ3v) is 6.44. The van der Waals surface area contributed by atoms with E-state index in [1.807, 2.05) is 6.07 Å². The number of halogens is 5. The molecule has 1 aliphatic rings. The van der Waals surface area contributed by atoms with Crippen LogP contribution in [0.1, 0.15) is 53.6 Å². The summed E-state index contributed by atoms with van der Waals surface area (Å²) in [5.74, 6) is -12.3. The molecule has 1 atom stereocenters. The molecule has 1 aromatic carbocycles. The van der Waals surface area contributed by atoms with Gasteiger partial charge in [0.25, 0.3) is 5.91 Å². The molecule has 1 amide bonds. The van der Waals surface area contributed by atoms with Crippen molar-refractivity contribution in [1.82, 2.24) is 0 Å². The lowest BCUT2D eigenvalue weighted by Crippen LogP contribution is -2.26. The lowest BCUT2D eigenvalue weighted by Gasteiger charge is -2.33. The van der Waals surface area contributed by atoms with E-state index in [4.69, 9.17) is 0 Å². The number of hydrogen-bond donors (Lipinski definition) is 1. The Hall–Kier alpha value is -2.47. The predicted molar refractivity (Wildman–Crippen MR) is 98.2 cm³/mol. The standard InChI is InChI=1S/C20H17F5N2OS/c1-20(2,3)8-4-5-9-10(7-26)19(29-11(9)6-8)27-18(28)12-13(21)15(23)17(25)16(24)14(12)22/h8H,4-6H2,1-3H3,(H,27,28)/t8-/m1/s1. The zero-order valence-electron chi connectivity index (χ0n) is 15.9. The Labute approximate surface area is 168 Å². The SMILES string of the molecule is CC(C)(C)[C@@H]1CCc2c(sc(NC(=O)c3c(F)c(F)c(F)c(F)c3F)c2C#N)C1. The van der Waals surface area contributed by atoms with Gasteiger partial charge in [-0.3, -0.25) is 4.79 Å². The van der Waals surface area contributed by atoms with Gasteiger partial charge in [0.1, 0.15) is 16.6 Å². The lowest BCUT2D eigenvalue weighted by atomic mass is 9.72. The van der Waals surface area contributed by atoms with Gasteiger partial charge in [-0.2, -0.15) is 5.26 Å². The van der Waals surface area contributed by atoms with E-state index < -0.39 is 40.6 Å². The second kappa shape index (κ2) is 7.41. The number of nitrogens with zero attached hydrogens (tertiary/aromatic N) is 1. The highest BCUT2D eigenvalue weighted by Crippen LogP contribution is 2.44. The van der Waals surface area contributed by atoms with Crippen LogP contribution in [-0.4, -0.2) is 5.91 Å². The third-order valence-electron chi connectivity index (χ3n) is 5.27. The molecular weight excluding hydrogens is 411 g/mol. The molecule has 0 spiro atoms. The second-order valence-corrected chi connectivity index (χ2v) is 9.13. The molecule has 2 aromatic rings. The molecule has 0 fully saturated rings. The van der Waals surface area contributed by atoms with E-state index in [9.17, 15) is 32.0 Å². The largest absolute Gasteiger partial charge is 0.312 e. The van der Waals surface area contributed by atoms with Gasteiger partial charge in [-0.15, -0.1) is 11.3 Å². The van der Waals surface area contributed by atoms with Gasteiger partial charge in [0.2, 0.25) is 5.82 Å². The molecule has 0 radical (unpaired) electrons. The number of thiophene rings is 1. The van der Waals surface area contributed by atoms with Crippen molar-refractivity contribution in [2.45, 2.75) is 40.0 Å². The summed E-state index contributed by atoms with van der Waals surface area (Å²) >= 11 is 1.09. The van der Waals surface area contributed by atoms with Crippen molar-refractivity contribution in [1.29, 1.82) is 5.26 Å². The Bertz CT molecular complexity index is 1020. The van der Waals surface area contributed by atoms with E-state index in [0.717, 1.165) is 28.2 Å². The Balaban J connectivity index is 1.98. The Morgan fingerprint density at radius 2 is 1.62 bits per heavy atom. The van der Waals surface area contributed by atoms with Crippen LogP contribution in [0.4, 0.5) is 27.0 Å². The van der Waals surface area contributed by atoms with Gasteiger partial charge in [0.15, 0.2) is 23.3 Å². The van der Waals surface area contributed by atoms with E-state index in [1.165, 1.54) is 0 Å². The number of benzene rings is 1. The maximum atomic E-state index is 13.9. The Morgan fingerprint density at radius 1 is 1.07 bits per heavy atom. The van der Waals surface area contributed by atoms with E-state index >= 15 is 0 Å². The molecule has 9 heteroatoms. The van der Waals surface area contributed by atoms with E-state index in [0.29, 0.717) is 18.8 Å². The normalized spacial score (nSPS) is 16.3. The summed E-state index contributed by atoms with van der Waals surface area (Å²) in [6, 6.07) is 1.98. The summed E-state index contributed by atoms with van der Waals surface area (Å²) in [6.45, 7) is 6.31. The predicted octanol–water partition coefficient (Wildman–Crippen LogP) is 5.72. The highest BCUT2D eigenvalue weighted by molar-refractivity contribution is 7.16. The summed E-state index contributed by atoms with van der Waals surface area (Å²) in [4.78, 5) is 13.2. The monoisotopic (exact) mass is 428 g/mol. The minimum Gasteiger partial charge on any atom is -0.312 e. The van der Waals surface area contributed by atoms with Crippen molar-refractivity contribution < 1.29 is 26.7 Å². The molecule has 1 aromatic heterocycles. The van der Waals surface area contributed by atoms with Gasteiger partial charge in [-0.1, -0.05) is 20.8 Å². The molecule has 154 valence electrons. The molecule has 0 aliphatic heterocycles.